The Morgan fingerprint density at radius 1 is 1.38 bits per heavy atom. The van der Waals surface area contributed by atoms with Crippen LogP contribution >= 0.6 is 15.9 Å². The van der Waals surface area contributed by atoms with Gasteiger partial charge in [0.1, 0.15) is 23.0 Å². The average Bonchev–Trinajstić information content (AvgIpc) is 2.81. The van der Waals surface area contributed by atoms with Crippen molar-refractivity contribution in [3.05, 3.63) is 40.3 Å². The third-order valence-electron chi connectivity index (χ3n) is 2.80. The second-order valence-corrected chi connectivity index (χ2v) is 6.67. The first-order chi connectivity index (χ1) is 9.87. The Balaban J connectivity index is 2.32. The number of aryl methyl sites for hydroxylation is 1. The zero-order chi connectivity index (χ0) is 15.6. The highest BCUT2D eigenvalue weighted by atomic mass is 79.9. The van der Waals surface area contributed by atoms with Crippen LogP contribution in [0.1, 0.15) is 11.3 Å². The van der Waals surface area contributed by atoms with Gasteiger partial charge in [-0.3, -0.25) is 4.72 Å². The summed E-state index contributed by atoms with van der Waals surface area (Å²) in [5.41, 5.74) is 1.21. The highest BCUT2D eigenvalue weighted by Crippen LogP contribution is 2.29. The van der Waals surface area contributed by atoms with Crippen molar-refractivity contribution in [3.8, 4) is 5.75 Å². The molecule has 0 saturated carbocycles. The molecule has 21 heavy (non-hydrogen) atoms. The van der Waals surface area contributed by atoms with Crippen LogP contribution in [0.3, 0.4) is 0 Å². The zero-order valence-electron chi connectivity index (χ0n) is 11.4. The Morgan fingerprint density at radius 2 is 2.10 bits per heavy atom. The van der Waals surface area contributed by atoms with E-state index < -0.39 is 10.0 Å². The standard InChI is InChI=1S/C13H14BrNO5S/c1-8-5-9(3-4-11(8)19-2)15-21(17,18)12-6-10(7-16)20-13(12)14/h3-6,15-16H,7H2,1-2H3. The Bertz CT molecular complexity index is 754. The second kappa shape index (κ2) is 6.08. The number of methoxy groups -OCH3 is 1. The molecule has 0 aliphatic heterocycles. The molecule has 0 aliphatic carbocycles. The molecule has 114 valence electrons. The van der Waals surface area contributed by atoms with E-state index in [-0.39, 0.29) is 21.9 Å². The summed E-state index contributed by atoms with van der Waals surface area (Å²) in [6.07, 6.45) is 0. The van der Waals surface area contributed by atoms with Crippen LogP contribution in [0.5, 0.6) is 5.75 Å². The fourth-order valence-corrected chi connectivity index (χ4v) is 3.86. The molecule has 8 heteroatoms. The van der Waals surface area contributed by atoms with Gasteiger partial charge < -0.3 is 14.3 Å². The van der Waals surface area contributed by atoms with Gasteiger partial charge in [0, 0.05) is 11.8 Å². The van der Waals surface area contributed by atoms with Gasteiger partial charge in [0.25, 0.3) is 10.0 Å². The Morgan fingerprint density at radius 3 is 2.62 bits per heavy atom. The lowest BCUT2D eigenvalue weighted by Crippen LogP contribution is -2.12. The van der Waals surface area contributed by atoms with Crippen molar-refractivity contribution in [2.75, 3.05) is 11.8 Å². The maximum atomic E-state index is 12.3. The molecule has 0 spiro atoms. The number of ether oxygens (including phenoxy) is 1. The van der Waals surface area contributed by atoms with E-state index in [2.05, 4.69) is 20.7 Å². The number of nitrogens with one attached hydrogen (secondary N) is 1. The summed E-state index contributed by atoms with van der Waals surface area (Å²) in [5.74, 6) is 0.832. The monoisotopic (exact) mass is 375 g/mol. The summed E-state index contributed by atoms with van der Waals surface area (Å²) in [6, 6.07) is 6.21. The van der Waals surface area contributed by atoms with Crippen LogP contribution in [-0.2, 0) is 16.6 Å². The molecule has 0 bridgehead atoms. The third-order valence-corrected chi connectivity index (χ3v) is 5.04. The molecular weight excluding hydrogens is 362 g/mol. The lowest BCUT2D eigenvalue weighted by molar-refractivity contribution is 0.245. The van der Waals surface area contributed by atoms with Crippen LogP contribution < -0.4 is 9.46 Å². The van der Waals surface area contributed by atoms with Gasteiger partial charge in [0.2, 0.25) is 0 Å². The van der Waals surface area contributed by atoms with Gasteiger partial charge >= 0.3 is 0 Å². The van der Waals surface area contributed by atoms with Crippen molar-refractivity contribution in [1.29, 1.82) is 0 Å². The van der Waals surface area contributed by atoms with E-state index in [1.807, 2.05) is 6.92 Å². The third kappa shape index (κ3) is 3.39. The Hall–Kier alpha value is -1.51. The summed E-state index contributed by atoms with van der Waals surface area (Å²) in [4.78, 5) is -0.0694. The van der Waals surface area contributed by atoms with Crippen molar-refractivity contribution < 1.29 is 22.7 Å². The van der Waals surface area contributed by atoms with Gasteiger partial charge in [-0.05, 0) is 46.6 Å². The van der Waals surface area contributed by atoms with E-state index in [0.29, 0.717) is 11.4 Å². The minimum atomic E-state index is -3.81. The maximum Gasteiger partial charge on any atom is 0.266 e. The average molecular weight is 376 g/mol. The smallest absolute Gasteiger partial charge is 0.266 e. The number of aliphatic hydroxyl groups is 1. The van der Waals surface area contributed by atoms with Crippen LogP contribution in [0.25, 0.3) is 0 Å². The van der Waals surface area contributed by atoms with Crippen LogP contribution in [0.2, 0.25) is 0 Å². The number of hydrogen-bond donors (Lipinski definition) is 2. The Labute approximate surface area is 130 Å². The van der Waals surface area contributed by atoms with Gasteiger partial charge in [-0.15, -0.1) is 0 Å². The Kier molecular flexibility index (Phi) is 4.60. The summed E-state index contributed by atoms with van der Waals surface area (Å²) in [5, 5.41) is 8.98. The zero-order valence-corrected chi connectivity index (χ0v) is 13.8. The van der Waals surface area contributed by atoms with Crippen LogP contribution in [0.4, 0.5) is 5.69 Å². The van der Waals surface area contributed by atoms with Crippen LogP contribution in [0.15, 0.2) is 38.2 Å². The fourth-order valence-electron chi connectivity index (χ4n) is 1.81. The number of rotatable bonds is 5. The first-order valence-corrected chi connectivity index (χ1v) is 8.21. The van der Waals surface area contributed by atoms with Crippen molar-refractivity contribution in [1.82, 2.24) is 0 Å². The van der Waals surface area contributed by atoms with E-state index in [4.69, 9.17) is 14.3 Å². The molecule has 2 rings (SSSR count). The topological polar surface area (TPSA) is 88.8 Å². The van der Waals surface area contributed by atoms with Gasteiger partial charge in [0.05, 0.1) is 7.11 Å². The molecule has 0 fully saturated rings. The van der Waals surface area contributed by atoms with Crippen molar-refractivity contribution in [2.24, 2.45) is 0 Å². The van der Waals surface area contributed by atoms with E-state index in [9.17, 15) is 8.42 Å². The van der Waals surface area contributed by atoms with Crippen molar-refractivity contribution >= 4 is 31.6 Å². The predicted molar refractivity (Wildman–Crippen MR) is 80.9 cm³/mol. The number of sulfonamides is 1. The largest absolute Gasteiger partial charge is 0.496 e. The number of aliphatic hydroxyl groups excluding tert-OH is 1. The molecule has 1 heterocycles. The molecular formula is C13H14BrNO5S. The summed E-state index contributed by atoms with van der Waals surface area (Å²) in [6.45, 7) is 1.43. The van der Waals surface area contributed by atoms with E-state index >= 15 is 0 Å². The second-order valence-electron chi connectivity index (χ2n) is 4.30. The highest BCUT2D eigenvalue weighted by Gasteiger charge is 2.22. The van der Waals surface area contributed by atoms with E-state index in [1.165, 1.54) is 6.07 Å². The molecule has 0 aliphatic rings. The number of benzene rings is 1. The lowest BCUT2D eigenvalue weighted by Gasteiger charge is -2.09. The minimum absolute atomic E-state index is 0.0456. The molecule has 2 aromatic rings. The number of anilines is 1. The number of halogens is 1. The molecule has 1 aromatic carbocycles. The molecule has 0 radical (unpaired) electrons. The maximum absolute atomic E-state index is 12.3. The van der Waals surface area contributed by atoms with Crippen molar-refractivity contribution in [2.45, 2.75) is 18.4 Å². The quantitative estimate of drug-likeness (QED) is 0.838. The molecule has 2 N–H and O–H groups in total. The minimum Gasteiger partial charge on any atom is -0.496 e. The van der Waals surface area contributed by atoms with E-state index in [0.717, 1.165) is 5.56 Å². The lowest BCUT2D eigenvalue weighted by atomic mass is 10.2. The van der Waals surface area contributed by atoms with E-state index in [1.54, 1.807) is 25.3 Å². The van der Waals surface area contributed by atoms with Crippen molar-refractivity contribution in [3.63, 3.8) is 0 Å². The molecule has 0 saturated heterocycles. The normalized spacial score (nSPS) is 11.4. The fraction of sp³-hybridized carbons (Fsp3) is 0.231. The molecule has 6 nitrogen and oxygen atoms in total. The SMILES string of the molecule is COc1ccc(NS(=O)(=O)c2cc(CO)oc2Br)cc1C. The predicted octanol–water partition coefficient (Wildman–Crippen LogP) is 2.65. The van der Waals surface area contributed by atoms with Gasteiger partial charge in [0.15, 0.2) is 4.67 Å². The first-order valence-electron chi connectivity index (χ1n) is 5.94. The van der Waals surface area contributed by atoms with Crippen LogP contribution in [0, 0.1) is 6.92 Å². The summed E-state index contributed by atoms with van der Waals surface area (Å²) in [7, 11) is -2.27. The number of hydrogen-bond acceptors (Lipinski definition) is 5. The first kappa shape index (κ1) is 15.9. The summed E-state index contributed by atoms with van der Waals surface area (Å²) < 4.78 is 37.3. The highest BCUT2D eigenvalue weighted by molar-refractivity contribution is 9.10. The molecule has 0 amide bonds. The van der Waals surface area contributed by atoms with Gasteiger partial charge in [-0.2, -0.15) is 0 Å². The van der Waals surface area contributed by atoms with Crippen LogP contribution in [-0.4, -0.2) is 20.6 Å². The van der Waals surface area contributed by atoms with Gasteiger partial charge in [-0.25, -0.2) is 8.42 Å². The summed E-state index contributed by atoms with van der Waals surface area (Å²) >= 11 is 3.03. The number of furan rings is 1. The molecule has 1 aromatic heterocycles. The van der Waals surface area contributed by atoms with Gasteiger partial charge in [-0.1, -0.05) is 0 Å². The molecule has 0 atom stereocenters. The molecule has 0 unspecified atom stereocenters.